The van der Waals surface area contributed by atoms with Crippen molar-refractivity contribution in [3.63, 3.8) is 0 Å². The Morgan fingerprint density at radius 1 is 1.27 bits per heavy atom. The lowest BCUT2D eigenvalue weighted by molar-refractivity contribution is 0.211. The molecule has 68 valence electrons. The van der Waals surface area contributed by atoms with Crippen molar-refractivity contribution in [2.24, 2.45) is 0 Å². The zero-order valence-electron chi connectivity index (χ0n) is 6.95. The van der Waals surface area contributed by atoms with Crippen molar-refractivity contribution in [3.8, 4) is 0 Å². The molecule has 0 radical (unpaired) electrons. The van der Waals surface area contributed by atoms with Crippen molar-refractivity contribution in [2.75, 3.05) is 26.0 Å². The molecule has 4 nitrogen and oxygen atoms in total. The first-order valence-electron chi connectivity index (χ1n) is 3.67. The predicted octanol–water partition coefficient (Wildman–Crippen LogP) is 1.24. The Morgan fingerprint density at radius 2 is 1.73 bits per heavy atom. The molecule has 0 aliphatic rings. The van der Waals surface area contributed by atoms with Gasteiger partial charge in [-0.3, -0.25) is 4.57 Å². The van der Waals surface area contributed by atoms with Crippen LogP contribution in [-0.2, 0) is 13.6 Å². The van der Waals surface area contributed by atoms with Gasteiger partial charge in [-0.25, -0.2) is 0 Å². The molecule has 0 amide bonds. The number of rotatable bonds is 6. The summed E-state index contributed by atoms with van der Waals surface area (Å²) in [4.78, 5) is 0. The number of aliphatic hydroxyl groups is 1. The smallest absolute Gasteiger partial charge is 0.332 e. The van der Waals surface area contributed by atoms with Gasteiger partial charge in [0, 0.05) is 0 Å². The molecule has 1 N–H and O–H groups in total. The summed E-state index contributed by atoms with van der Waals surface area (Å²) in [5.74, 6) is 0. The van der Waals surface area contributed by atoms with Gasteiger partial charge in [0.1, 0.15) is 0 Å². The zero-order chi connectivity index (χ0) is 8.74. The summed E-state index contributed by atoms with van der Waals surface area (Å²) in [5, 5.41) is 8.52. The van der Waals surface area contributed by atoms with E-state index in [2.05, 4.69) is 0 Å². The molecule has 0 saturated heterocycles. The molecule has 11 heavy (non-hydrogen) atoms. The summed E-state index contributed by atoms with van der Waals surface area (Å²) in [6.07, 6.45) is 0.0781. The van der Waals surface area contributed by atoms with E-state index < -0.39 is 7.60 Å². The summed E-state index contributed by atoms with van der Waals surface area (Å²) < 4.78 is 21.2. The summed E-state index contributed by atoms with van der Waals surface area (Å²) in [6.45, 7) is 4.00. The molecule has 0 aromatic heterocycles. The highest BCUT2D eigenvalue weighted by atomic mass is 31.2. The Bertz CT molecular complexity index is 113. The van der Waals surface area contributed by atoms with E-state index in [1.165, 1.54) is 0 Å². The maximum Gasteiger partial charge on any atom is 0.332 e. The van der Waals surface area contributed by atoms with Gasteiger partial charge < -0.3 is 14.2 Å². The molecule has 0 aromatic carbocycles. The Hall–Kier alpha value is 0.110. The van der Waals surface area contributed by atoms with Gasteiger partial charge in [-0.2, -0.15) is 0 Å². The Morgan fingerprint density at radius 3 is 2.00 bits per heavy atom. The third kappa shape index (κ3) is 4.53. The van der Waals surface area contributed by atoms with Gasteiger partial charge in [0.25, 0.3) is 0 Å². The van der Waals surface area contributed by atoms with Crippen molar-refractivity contribution < 1.29 is 18.7 Å². The standard InChI is InChI=1S/C6H15O4P/c1-3-9-11(8,6-5-7)10-4-2/h7H,3-6H2,1-2H3. The van der Waals surface area contributed by atoms with E-state index in [9.17, 15) is 4.57 Å². The fourth-order valence-corrected chi connectivity index (χ4v) is 2.05. The van der Waals surface area contributed by atoms with Crippen LogP contribution in [0.2, 0.25) is 0 Å². The minimum atomic E-state index is -2.97. The highest BCUT2D eigenvalue weighted by Crippen LogP contribution is 2.47. The van der Waals surface area contributed by atoms with Crippen molar-refractivity contribution >= 4 is 7.60 Å². The average molecular weight is 182 g/mol. The van der Waals surface area contributed by atoms with Crippen molar-refractivity contribution in [3.05, 3.63) is 0 Å². The van der Waals surface area contributed by atoms with Crippen LogP contribution in [0.5, 0.6) is 0 Å². The van der Waals surface area contributed by atoms with Crippen LogP contribution in [-0.4, -0.2) is 31.1 Å². The van der Waals surface area contributed by atoms with Gasteiger partial charge >= 0.3 is 7.60 Å². The largest absolute Gasteiger partial charge is 0.396 e. The van der Waals surface area contributed by atoms with Gasteiger partial charge in [-0.05, 0) is 13.8 Å². The Labute approximate surface area is 67.0 Å². The molecular weight excluding hydrogens is 167 g/mol. The molecular formula is C6H15O4P. The Kier molecular flexibility index (Phi) is 5.78. The van der Waals surface area contributed by atoms with Crippen molar-refractivity contribution in [1.82, 2.24) is 0 Å². The number of hydrogen-bond acceptors (Lipinski definition) is 4. The lowest BCUT2D eigenvalue weighted by Crippen LogP contribution is -2.02. The lowest BCUT2D eigenvalue weighted by atomic mass is 10.9. The normalized spacial score (nSPS) is 11.9. The minimum absolute atomic E-state index is 0.0781. The topological polar surface area (TPSA) is 55.8 Å². The molecule has 0 aromatic rings. The molecule has 0 aliphatic heterocycles. The predicted molar refractivity (Wildman–Crippen MR) is 42.8 cm³/mol. The fraction of sp³-hybridized carbons (Fsp3) is 1.00. The van der Waals surface area contributed by atoms with Crippen LogP contribution in [0.3, 0.4) is 0 Å². The molecule has 0 aliphatic carbocycles. The summed E-state index contributed by atoms with van der Waals surface area (Å²) in [6, 6.07) is 0. The summed E-state index contributed by atoms with van der Waals surface area (Å²) in [5.41, 5.74) is 0. The first-order chi connectivity index (χ1) is 5.18. The molecule has 5 heteroatoms. The third-order valence-corrected chi connectivity index (χ3v) is 3.08. The van der Waals surface area contributed by atoms with E-state index in [0.29, 0.717) is 13.2 Å². The fourth-order valence-electron chi connectivity index (χ4n) is 0.682. The van der Waals surface area contributed by atoms with Crippen molar-refractivity contribution in [1.29, 1.82) is 0 Å². The quantitative estimate of drug-likeness (QED) is 0.628. The van der Waals surface area contributed by atoms with Crippen LogP contribution in [0.25, 0.3) is 0 Å². The molecule has 0 unspecified atom stereocenters. The SMILES string of the molecule is CCOP(=O)(CCO)OCC. The van der Waals surface area contributed by atoms with Gasteiger partial charge in [0.2, 0.25) is 0 Å². The van der Waals surface area contributed by atoms with E-state index in [0.717, 1.165) is 0 Å². The molecule has 0 spiro atoms. The van der Waals surface area contributed by atoms with Gasteiger partial charge in [-0.1, -0.05) is 0 Å². The molecule has 0 heterocycles. The monoisotopic (exact) mass is 182 g/mol. The highest BCUT2D eigenvalue weighted by molar-refractivity contribution is 7.53. The molecule has 0 rings (SSSR count). The zero-order valence-corrected chi connectivity index (χ0v) is 7.84. The molecule has 0 atom stereocenters. The average Bonchev–Trinajstić information content (AvgIpc) is 1.88. The lowest BCUT2D eigenvalue weighted by Gasteiger charge is -2.14. The van der Waals surface area contributed by atoms with Crippen LogP contribution in [0.15, 0.2) is 0 Å². The maximum absolute atomic E-state index is 11.4. The third-order valence-electron chi connectivity index (χ3n) is 1.03. The van der Waals surface area contributed by atoms with E-state index in [1.807, 2.05) is 0 Å². The second kappa shape index (κ2) is 5.72. The first kappa shape index (κ1) is 11.1. The highest BCUT2D eigenvalue weighted by Gasteiger charge is 2.21. The van der Waals surface area contributed by atoms with Gasteiger partial charge in [-0.15, -0.1) is 0 Å². The van der Waals surface area contributed by atoms with Crippen LogP contribution < -0.4 is 0 Å². The van der Waals surface area contributed by atoms with E-state index >= 15 is 0 Å². The van der Waals surface area contributed by atoms with Gasteiger partial charge in [0.05, 0.1) is 26.0 Å². The second-order valence-electron chi connectivity index (χ2n) is 1.89. The first-order valence-corrected chi connectivity index (χ1v) is 5.40. The van der Waals surface area contributed by atoms with Crippen LogP contribution in [0.4, 0.5) is 0 Å². The maximum atomic E-state index is 11.4. The number of aliphatic hydroxyl groups excluding tert-OH is 1. The van der Waals surface area contributed by atoms with Crippen LogP contribution >= 0.6 is 7.60 Å². The van der Waals surface area contributed by atoms with Crippen molar-refractivity contribution in [2.45, 2.75) is 13.8 Å². The summed E-state index contributed by atoms with van der Waals surface area (Å²) >= 11 is 0. The number of hydrogen-bond donors (Lipinski definition) is 1. The van der Waals surface area contributed by atoms with Crippen LogP contribution in [0, 0.1) is 0 Å². The second-order valence-corrected chi connectivity index (χ2v) is 4.08. The molecule has 0 bridgehead atoms. The van der Waals surface area contributed by atoms with E-state index in [-0.39, 0.29) is 12.8 Å². The van der Waals surface area contributed by atoms with E-state index in [1.54, 1.807) is 13.8 Å². The Balaban J connectivity index is 3.91. The van der Waals surface area contributed by atoms with Gasteiger partial charge in [0.15, 0.2) is 0 Å². The molecule has 0 saturated carbocycles. The molecule has 0 fully saturated rings. The van der Waals surface area contributed by atoms with E-state index in [4.69, 9.17) is 14.2 Å². The van der Waals surface area contributed by atoms with Crippen LogP contribution in [0.1, 0.15) is 13.8 Å². The minimum Gasteiger partial charge on any atom is -0.396 e. The summed E-state index contributed by atoms with van der Waals surface area (Å²) in [7, 11) is -2.97.